The van der Waals surface area contributed by atoms with E-state index in [0.717, 1.165) is 0 Å². The van der Waals surface area contributed by atoms with Gasteiger partial charge in [0, 0.05) is 14.2 Å². The number of methoxy groups -OCH3 is 3. The number of carbonyl (C=O) groups excluding carboxylic acids is 1. The van der Waals surface area contributed by atoms with Gasteiger partial charge in [-0.05, 0) is 0 Å². The molecular weight excluding hydrogens is 174 g/mol. The van der Waals surface area contributed by atoms with E-state index in [2.05, 4.69) is 4.74 Å². The summed E-state index contributed by atoms with van der Waals surface area (Å²) in [6, 6.07) is 1.88. The summed E-state index contributed by atoms with van der Waals surface area (Å²) in [7, 11) is 4.03. The summed E-state index contributed by atoms with van der Waals surface area (Å²) < 4.78 is 14.4. The molecule has 0 amide bonds. The van der Waals surface area contributed by atoms with Crippen molar-refractivity contribution in [3.8, 4) is 6.07 Å². The van der Waals surface area contributed by atoms with Gasteiger partial charge in [-0.2, -0.15) is 5.26 Å². The van der Waals surface area contributed by atoms with Crippen LogP contribution in [0.5, 0.6) is 0 Å². The van der Waals surface area contributed by atoms with E-state index in [1.165, 1.54) is 21.3 Å². The maximum atomic E-state index is 10.9. The third-order valence-corrected chi connectivity index (χ3v) is 1.73. The highest BCUT2D eigenvalue weighted by molar-refractivity contribution is 5.70. The van der Waals surface area contributed by atoms with Crippen molar-refractivity contribution in [3.05, 3.63) is 0 Å². The molecule has 0 aromatic heterocycles. The quantitative estimate of drug-likeness (QED) is 0.461. The molecule has 0 N–H and O–H groups in total. The summed E-state index contributed by atoms with van der Waals surface area (Å²) in [4.78, 5) is 10.9. The van der Waals surface area contributed by atoms with Crippen LogP contribution in [0.4, 0.5) is 0 Å². The van der Waals surface area contributed by atoms with Crippen molar-refractivity contribution in [2.75, 3.05) is 21.3 Å². The number of ether oxygens (including phenoxy) is 3. The van der Waals surface area contributed by atoms with Crippen LogP contribution in [0.1, 0.15) is 12.8 Å². The molecule has 0 saturated carbocycles. The zero-order valence-corrected chi connectivity index (χ0v) is 7.99. The molecule has 0 atom stereocenters. The molecule has 0 aromatic carbocycles. The van der Waals surface area contributed by atoms with Gasteiger partial charge in [0.15, 0.2) is 5.79 Å². The van der Waals surface area contributed by atoms with Gasteiger partial charge in [0.25, 0.3) is 0 Å². The van der Waals surface area contributed by atoms with Crippen LogP contribution in [0.2, 0.25) is 0 Å². The minimum Gasteiger partial charge on any atom is -0.469 e. The number of hydrogen-bond donors (Lipinski definition) is 0. The molecule has 0 aliphatic rings. The summed E-state index contributed by atoms with van der Waals surface area (Å²) in [5.74, 6) is -1.65. The molecule has 0 fully saturated rings. The fraction of sp³-hybridized carbons (Fsp3) is 0.750. The zero-order chi connectivity index (χ0) is 10.3. The fourth-order valence-electron chi connectivity index (χ4n) is 0.847. The summed E-state index contributed by atoms with van der Waals surface area (Å²) in [6.07, 6.45) is -0.112. The van der Waals surface area contributed by atoms with E-state index in [-0.39, 0.29) is 12.8 Å². The minimum absolute atomic E-state index is 0.0188. The van der Waals surface area contributed by atoms with E-state index in [0.29, 0.717) is 0 Å². The predicted molar refractivity (Wildman–Crippen MR) is 43.6 cm³/mol. The first-order valence-electron chi connectivity index (χ1n) is 3.68. The van der Waals surface area contributed by atoms with E-state index >= 15 is 0 Å². The summed E-state index contributed by atoms with van der Waals surface area (Å²) in [5, 5.41) is 8.49. The van der Waals surface area contributed by atoms with E-state index in [1.54, 1.807) is 0 Å². The maximum Gasteiger partial charge on any atom is 0.311 e. The molecule has 0 spiro atoms. The Morgan fingerprint density at radius 1 is 1.38 bits per heavy atom. The zero-order valence-electron chi connectivity index (χ0n) is 7.99. The van der Waals surface area contributed by atoms with Crippen molar-refractivity contribution in [2.45, 2.75) is 18.6 Å². The third-order valence-electron chi connectivity index (χ3n) is 1.73. The molecule has 0 rings (SSSR count). The number of nitrogens with zero attached hydrogens (tertiary/aromatic N) is 1. The largest absolute Gasteiger partial charge is 0.469 e. The second-order valence-electron chi connectivity index (χ2n) is 2.41. The van der Waals surface area contributed by atoms with E-state index in [1.807, 2.05) is 6.07 Å². The first-order valence-corrected chi connectivity index (χ1v) is 3.68. The molecule has 0 aromatic rings. The van der Waals surface area contributed by atoms with Crippen LogP contribution in [0, 0.1) is 11.3 Å². The van der Waals surface area contributed by atoms with Gasteiger partial charge in [0.05, 0.1) is 19.6 Å². The smallest absolute Gasteiger partial charge is 0.311 e. The monoisotopic (exact) mass is 187 g/mol. The molecular formula is C8H13NO4. The molecule has 0 saturated heterocycles. The standard InChI is InChI=1S/C8H13NO4/c1-11-7(10)6-8(12-2,13-3)4-5-9/h4,6H2,1-3H3. The lowest BCUT2D eigenvalue weighted by atomic mass is 10.1. The van der Waals surface area contributed by atoms with Gasteiger partial charge >= 0.3 is 5.97 Å². The molecule has 0 radical (unpaired) electrons. The Bertz CT molecular complexity index is 205. The molecule has 74 valence electrons. The molecule has 0 aliphatic carbocycles. The van der Waals surface area contributed by atoms with Crippen LogP contribution >= 0.6 is 0 Å². The Morgan fingerprint density at radius 3 is 2.23 bits per heavy atom. The van der Waals surface area contributed by atoms with Gasteiger partial charge in [0.2, 0.25) is 0 Å². The molecule has 0 unspecified atom stereocenters. The highest BCUT2D eigenvalue weighted by atomic mass is 16.7. The van der Waals surface area contributed by atoms with E-state index < -0.39 is 11.8 Å². The van der Waals surface area contributed by atoms with Gasteiger partial charge in [-0.25, -0.2) is 0 Å². The number of hydrogen-bond acceptors (Lipinski definition) is 5. The Balaban J connectivity index is 4.39. The second kappa shape index (κ2) is 5.51. The van der Waals surface area contributed by atoms with E-state index in [4.69, 9.17) is 14.7 Å². The minimum atomic E-state index is -1.18. The first-order chi connectivity index (χ1) is 6.14. The third kappa shape index (κ3) is 3.40. The molecule has 5 nitrogen and oxygen atoms in total. The SMILES string of the molecule is COC(=O)CC(CC#N)(OC)OC. The highest BCUT2D eigenvalue weighted by Crippen LogP contribution is 2.20. The summed E-state index contributed by atoms with van der Waals surface area (Å²) in [5.41, 5.74) is 0. The number of carbonyl (C=O) groups is 1. The lowest BCUT2D eigenvalue weighted by Crippen LogP contribution is -2.36. The summed E-state index contributed by atoms with van der Waals surface area (Å²) in [6.45, 7) is 0. The van der Waals surface area contributed by atoms with Crippen molar-refractivity contribution in [1.82, 2.24) is 0 Å². The van der Waals surface area contributed by atoms with Crippen LogP contribution in [0.25, 0.3) is 0 Å². The van der Waals surface area contributed by atoms with Crippen LogP contribution in [-0.4, -0.2) is 33.1 Å². The van der Waals surface area contributed by atoms with Gasteiger partial charge in [-0.1, -0.05) is 0 Å². The average Bonchev–Trinajstić information content (AvgIpc) is 2.17. The van der Waals surface area contributed by atoms with Crippen LogP contribution < -0.4 is 0 Å². The van der Waals surface area contributed by atoms with Crippen LogP contribution in [0.3, 0.4) is 0 Å². The lowest BCUT2D eigenvalue weighted by Gasteiger charge is -2.26. The molecule has 0 bridgehead atoms. The second-order valence-corrected chi connectivity index (χ2v) is 2.41. The van der Waals surface area contributed by atoms with Crippen LogP contribution in [-0.2, 0) is 19.0 Å². The predicted octanol–water partition coefficient (Wildman–Crippen LogP) is 0.452. The number of rotatable bonds is 5. The van der Waals surface area contributed by atoms with Crippen molar-refractivity contribution < 1.29 is 19.0 Å². The lowest BCUT2D eigenvalue weighted by molar-refractivity contribution is -0.212. The average molecular weight is 187 g/mol. The Hall–Kier alpha value is -1.12. The fourth-order valence-corrected chi connectivity index (χ4v) is 0.847. The topological polar surface area (TPSA) is 68.6 Å². The number of nitriles is 1. The van der Waals surface area contributed by atoms with Crippen molar-refractivity contribution in [1.29, 1.82) is 5.26 Å². The van der Waals surface area contributed by atoms with Crippen molar-refractivity contribution in [2.24, 2.45) is 0 Å². The van der Waals surface area contributed by atoms with Crippen LogP contribution in [0.15, 0.2) is 0 Å². The van der Waals surface area contributed by atoms with Gasteiger partial charge in [-0.3, -0.25) is 4.79 Å². The number of esters is 1. The van der Waals surface area contributed by atoms with Crippen molar-refractivity contribution >= 4 is 5.97 Å². The van der Waals surface area contributed by atoms with Gasteiger partial charge < -0.3 is 14.2 Å². The maximum absolute atomic E-state index is 10.9. The van der Waals surface area contributed by atoms with Gasteiger partial charge in [-0.15, -0.1) is 0 Å². The normalized spacial score (nSPS) is 10.6. The first kappa shape index (κ1) is 11.9. The molecule has 0 heterocycles. The van der Waals surface area contributed by atoms with Crippen molar-refractivity contribution in [3.63, 3.8) is 0 Å². The molecule has 5 heteroatoms. The Kier molecular flexibility index (Phi) is 5.04. The highest BCUT2D eigenvalue weighted by Gasteiger charge is 2.33. The van der Waals surface area contributed by atoms with E-state index in [9.17, 15) is 4.79 Å². The Morgan fingerprint density at radius 2 is 1.92 bits per heavy atom. The molecule has 13 heavy (non-hydrogen) atoms. The Labute approximate surface area is 77.2 Å². The molecule has 0 aliphatic heterocycles. The van der Waals surface area contributed by atoms with Gasteiger partial charge in [0.1, 0.15) is 6.42 Å². The summed E-state index contributed by atoms with van der Waals surface area (Å²) >= 11 is 0.